The van der Waals surface area contributed by atoms with Crippen LogP contribution in [-0.4, -0.2) is 17.0 Å². The molecule has 0 aliphatic rings. The zero-order valence-corrected chi connectivity index (χ0v) is 13.9. The van der Waals surface area contributed by atoms with Gasteiger partial charge in [-0.1, -0.05) is 12.2 Å². The largest absolute Gasteiger partial charge is 0.389 e. The fourth-order valence-corrected chi connectivity index (χ4v) is 3.36. The molecule has 0 aromatic carbocycles. The molecule has 0 saturated heterocycles. The van der Waals surface area contributed by atoms with Crippen LogP contribution in [0.2, 0.25) is 0 Å². The topological polar surface area (TPSA) is 42.1 Å². The first-order valence-corrected chi connectivity index (χ1v) is 7.76. The summed E-state index contributed by atoms with van der Waals surface area (Å²) in [5.41, 5.74) is 7.46. The lowest BCUT2D eigenvalue weighted by Gasteiger charge is -2.18. The summed E-state index contributed by atoms with van der Waals surface area (Å²) in [7, 11) is 2.01. The quantitative estimate of drug-likeness (QED) is 0.852. The van der Waals surface area contributed by atoms with Crippen LogP contribution in [0.15, 0.2) is 28.1 Å². The second kappa shape index (κ2) is 5.98. The van der Waals surface area contributed by atoms with Crippen LogP contribution in [0.5, 0.6) is 0 Å². The molecule has 100 valence electrons. The smallest absolute Gasteiger partial charge is 0.129 e. The van der Waals surface area contributed by atoms with Crippen molar-refractivity contribution in [3.63, 3.8) is 0 Å². The van der Waals surface area contributed by atoms with E-state index in [1.165, 1.54) is 4.88 Å². The molecular formula is C13H14BrN3S2. The Kier molecular flexibility index (Phi) is 4.54. The minimum atomic E-state index is 0.402. The highest BCUT2D eigenvalue weighted by atomic mass is 79.9. The minimum absolute atomic E-state index is 0.402. The third-order valence-electron chi connectivity index (χ3n) is 2.63. The van der Waals surface area contributed by atoms with Crippen molar-refractivity contribution < 1.29 is 0 Å². The lowest BCUT2D eigenvalue weighted by atomic mass is 10.2. The summed E-state index contributed by atoms with van der Waals surface area (Å²) in [6, 6.07) is 5.95. The molecule has 0 amide bonds. The van der Waals surface area contributed by atoms with Gasteiger partial charge in [0.25, 0.3) is 0 Å². The van der Waals surface area contributed by atoms with Gasteiger partial charge in [0.05, 0.1) is 6.54 Å². The van der Waals surface area contributed by atoms with Crippen molar-refractivity contribution >= 4 is 50.3 Å². The zero-order chi connectivity index (χ0) is 14.0. The number of nitrogens with zero attached hydrogens (tertiary/aromatic N) is 2. The van der Waals surface area contributed by atoms with Crippen LogP contribution in [0, 0.1) is 6.92 Å². The molecule has 2 N–H and O–H groups in total. The molecule has 0 aliphatic heterocycles. The molecule has 19 heavy (non-hydrogen) atoms. The molecule has 3 nitrogen and oxygen atoms in total. The number of thiocarbonyl (C=S) groups is 1. The van der Waals surface area contributed by atoms with Crippen molar-refractivity contribution in [1.29, 1.82) is 0 Å². The predicted octanol–water partition coefficient (Wildman–Crippen LogP) is 3.48. The van der Waals surface area contributed by atoms with Crippen LogP contribution in [0.3, 0.4) is 0 Å². The van der Waals surface area contributed by atoms with E-state index in [-0.39, 0.29) is 0 Å². The second-order valence-electron chi connectivity index (χ2n) is 4.31. The molecule has 0 fully saturated rings. The third-order valence-corrected chi connectivity index (χ3v) is 4.55. The number of hydrogen-bond acceptors (Lipinski definition) is 4. The zero-order valence-electron chi connectivity index (χ0n) is 10.7. The van der Waals surface area contributed by atoms with Gasteiger partial charge >= 0.3 is 0 Å². The highest BCUT2D eigenvalue weighted by molar-refractivity contribution is 9.10. The van der Waals surface area contributed by atoms with Crippen LogP contribution in [0.1, 0.15) is 16.1 Å². The highest BCUT2D eigenvalue weighted by Crippen LogP contribution is 2.23. The molecule has 6 heteroatoms. The van der Waals surface area contributed by atoms with Crippen LogP contribution in [-0.2, 0) is 6.54 Å². The molecule has 0 unspecified atom stereocenters. The minimum Gasteiger partial charge on any atom is -0.389 e. The molecule has 0 saturated carbocycles. The first-order chi connectivity index (χ1) is 8.95. The van der Waals surface area contributed by atoms with Crippen LogP contribution in [0.4, 0.5) is 5.82 Å². The molecule has 0 aliphatic carbocycles. The Morgan fingerprint density at radius 2 is 2.21 bits per heavy atom. The van der Waals surface area contributed by atoms with Crippen LogP contribution < -0.4 is 10.6 Å². The van der Waals surface area contributed by atoms with Crippen molar-refractivity contribution in [3.8, 4) is 0 Å². The number of nitrogens with two attached hydrogens (primary N) is 1. The maximum atomic E-state index is 5.69. The van der Waals surface area contributed by atoms with E-state index < -0.39 is 0 Å². The summed E-state index contributed by atoms with van der Waals surface area (Å²) in [6.45, 7) is 2.75. The van der Waals surface area contributed by atoms with Gasteiger partial charge in [0.1, 0.15) is 10.8 Å². The third kappa shape index (κ3) is 3.75. The Labute approximate surface area is 130 Å². The van der Waals surface area contributed by atoms with Crippen molar-refractivity contribution in [2.75, 3.05) is 11.9 Å². The summed E-state index contributed by atoms with van der Waals surface area (Å²) >= 11 is 10.2. The average molecular weight is 356 g/mol. The van der Waals surface area contributed by atoms with Crippen molar-refractivity contribution in [1.82, 2.24) is 4.98 Å². The maximum Gasteiger partial charge on any atom is 0.129 e. The van der Waals surface area contributed by atoms with Gasteiger partial charge in [-0.05, 0) is 41.1 Å². The van der Waals surface area contributed by atoms with E-state index in [2.05, 4.69) is 37.3 Å². The number of rotatable bonds is 4. The molecule has 2 aromatic heterocycles. The second-order valence-corrected chi connectivity index (χ2v) is 6.66. The average Bonchev–Trinajstić information content (AvgIpc) is 2.73. The molecular weight excluding hydrogens is 342 g/mol. The molecule has 2 heterocycles. The monoisotopic (exact) mass is 355 g/mol. The van der Waals surface area contributed by atoms with Crippen molar-refractivity contribution in [3.05, 3.63) is 44.2 Å². The number of hydrogen-bond donors (Lipinski definition) is 1. The summed E-state index contributed by atoms with van der Waals surface area (Å²) in [5, 5.41) is 2.08. The van der Waals surface area contributed by atoms with E-state index in [0.29, 0.717) is 4.99 Å². The Balaban J connectivity index is 2.23. The Morgan fingerprint density at radius 1 is 1.47 bits per heavy atom. The fourth-order valence-electron chi connectivity index (χ4n) is 1.74. The lowest BCUT2D eigenvalue weighted by molar-refractivity contribution is 0.905. The summed E-state index contributed by atoms with van der Waals surface area (Å²) in [5.74, 6) is 0.882. The summed E-state index contributed by atoms with van der Waals surface area (Å²) in [6.07, 6.45) is 0. The van der Waals surface area contributed by atoms with Gasteiger partial charge in [-0.3, -0.25) is 0 Å². The highest BCUT2D eigenvalue weighted by Gasteiger charge is 2.08. The Morgan fingerprint density at radius 3 is 2.79 bits per heavy atom. The summed E-state index contributed by atoms with van der Waals surface area (Å²) < 4.78 is 1.11. The maximum absolute atomic E-state index is 5.69. The van der Waals surface area contributed by atoms with E-state index in [9.17, 15) is 0 Å². The van der Waals surface area contributed by atoms with Crippen molar-refractivity contribution in [2.45, 2.75) is 13.5 Å². The van der Waals surface area contributed by atoms with E-state index in [4.69, 9.17) is 18.0 Å². The molecule has 2 rings (SSSR count). The van der Waals surface area contributed by atoms with Crippen molar-refractivity contribution in [2.24, 2.45) is 5.73 Å². The first kappa shape index (κ1) is 14.4. The number of aromatic nitrogens is 1. The van der Waals surface area contributed by atoms with Gasteiger partial charge in [-0.2, -0.15) is 0 Å². The molecule has 2 aromatic rings. The van der Waals surface area contributed by atoms with Gasteiger partial charge in [0, 0.05) is 33.0 Å². The fraction of sp³-hybridized carbons (Fsp3) is 0.231. The number of thiophene rings is 1. The molecule has 0 radical (unpaired) electrons. The number of pyridine rings is 1. The van der Waals surface area contributed by atoms with Gasteiger partial charge < -0.3 is 10.6 Å². The van der Waals surface area contributed by atoms with Crippen LogP contribution in [0.25, 0.3) is 0 Å². The Hall–Kier alpha value is -0.980. The normalized spacial score (nSPS) is 10.5. The van der Waals surface area contributed by atoms with Gasteiger partial charge in [0.15, 0.2) is 0 Å². The number of halogens is 1. The lowest BCUT2D eigenvalue weighted by Crippen LogP contribution is -2.19. The standard InChI is InChI=1S/C13H14BrN3S2/c1-8-3-9(13(15)18)4-12(16-8)17(2)6-11-5-10(14)7-19-11/h3-5,7H,6H2,1-2H3,(H2,15,18). The predicted molar refractivity (Wildman–Crippen MR) is 89.0 cm³/mol. The van der Waals surface area contributed by atoms with Gasteiger partial charge in [0.2, 0.25) is 0 Å². The molecule has 0 atom stereocenters. The van der Waals surface area contributed by atoms with Gasteiger partial charge in [-0.15, -0.1) is 11.3 Å². The van der Waals surface area contributed by atoms with E-state index in [1.807, 2.05) is 26.1 Å². The summed E-state index contributed by atoms with van der Waals surface area (Å²) in [4.78, 5) is 8.29. The molecule has 0 spiro atoms. The first-order valence-electron chi connectivity index (χ1n) is 5.68. The van der Waals surface area contributed by atoms with Crippen LogP contribution >= 0.6 is 39.5 Å². The Bertz CT molecular complexity index is 610. The number of aryl methyl sites for hydroxylation is 1. The molecule has 0 bridgehead atoms. The van der Waals surface area contributed by atoms with E-state index in [0.717, 1.165) is 28.1 Å². The van der Waals surface area contributed by atoms with Gasteiger partial charge in [-0.25, -0.2) is 4.98 Å². The SMILES string of the molecule is Cc1cc(C(N)=S)cc(N(C)Cc2cc(Br)cs2)n1. The number of anilines is 1. The van der Waals surface area contributed by atoms with E-state index >= 15 is 0 Å². The van der Waals surface area contributed by atoms with E-state index in [1.54, 1.807) is 11.3 Å².